The van der Waals surface area contributed by atoms with Gasteiger partial charge in [0.1, 0.15) is 6.07 Å². The van der Waals surface area contributed by atoms with Crippen LogP contribution in [-0.4, -0.2) is 21.0 Å². The molecule has 2 aliphatic carbocycles. The van der Waals surface area contributed by atoms with Crippen molar-refractivity contribution in [3.05, 3.63) is 53.1 Å². The molecule has 0 atom stereocenters. The second-order valence-corrected chi connectivity index (χ2v) is 9.30. The van der Waals surface area contributed by atoms with Gasteiger partial charge in [0, 0.05) is 17.4 Å². The summed E-state index contributed by atoms with van der Waals surface area (Å²) in [5.74, 6) is -0.281. The number of amides is 1. The molecule has 0 unspecified atom stereocenters. The highest BCUT2D eigenvalue weighted by molar-refractivity contribution is 6.03. The van der Waals surface area contributed by atoms with Gasteiger partial charge in [-0.15, -0.1) is 0 Å². The number of hydrogen-bond donors (Lipinski definition) is 3. The van der Waals surface area contributed by atoms with Crippen LogP contribution in [0.25, 0.3) is 5.57 Å². The lowest BCUT2D eigenvalue weighted by atomic mass is 9.76. The maximum Gasteiger partial charge on any atom is 0.291 e. The van der Waals surface area contributed by atoms with E-state index < -0.39 is 5.60 Å². The summed E-state index contributed by atoms with van der Waals surface area (Å²) in [6.07, 6.45) is 10.3. The van der Waals surface area contributed by atoms with Crippen LogP contribution < -0.4 is 5.32 Å². The van der Waals surface area contributed by atoms with Crippen LogP contribution in [-0.2, 0) is 5.60 Å². The van der Waals surface area contributed by atoms with Crippen molar-refractivity contribution in [2.75, 3.05) is 5.32 Å². The van der Waals surface area contributed by atoms with Crippen LogP contribution in [0.4, 0.5) is 5.69 Å². The Morgan fingerprint density at radius 3 is 2.67 bits per heavy atom. The normalized spacial score (nSPS) is 19.7. The Kier molecular flexibility index (Phi) is 5.25. The summed E-state index contributed by atoms with van der Waals surface area (Å²) in [6, 6.07) is 7.77. The molecule has 30 heavy (non-hydrogen) atoms. The number of nitrogens with one attached hydrogen (secondary N) is 2. The lowest BCUT2D eigenvalue weighted by Crippen LogP contribution is -2.22. The van der Waals surface area contributed by atoms with Crippen LogP contribution >= 0.6 is 0 Å². The van der Waals surface area contributed by atoms with E-state index in [4.69, 9.17) is 5.26 Å². The van der Waals surface area contributed by atoms with Gasteiger partial charge in [-0.1, -0.05) is 38.8 Å². The molecule has 0 aliphatic heterocycles. The van der Waals surface area contributed by atoms with Gasteiger partial charge in [0.15, 0.2) is 11.5 Å². The first-order chi connectivity index (χ1) is 14.3. The van der Waals surface area contributed by atoms with Gasteiger partial charge >= 0.3 is 0 Å². The molecule has 2 aromatic rings. The second kappa shape index (κ2) is 7.73. The number of carbonyl (C=O) groups excluding carboxylic acids is 1. The smallest absolute Gasteiger partial charge is 0.291 e. The zero-order valence-corrected chi connectivity index (χ0v) is 17.6. The molecule has 0 bridgehead atoms. The Bertz CT molecular complexity index is 1040. The van der Waals surface area contributed by atoms with Crippen LogP contribution in [0.2, 0.25) is 0 Å². The highest BCUT2D eigenvalue weighted by Crippen LogP contribution is 2.43. The lowest BCUT2D eigenvalue weighted by molar-refractivity contribution is 0.0445. The predicted molar refractivity (Wildman–Crippen MR) is 116 cm³/mol. The number of aromatic nitrogens is 2. The van der Waals surface area contributed by atoms with Gasteiger partial charge < -0.3 is 15.4 Å². The fraction of sp³-hybridized carbons (Fsp3) is 0.458. The summed E-state index contributed by atoms with van der Waals surface area (Å²) in [7, 11) is 0. The van der Waals surface area contributed by atoms with Gasteiger partial charge in [0.05, 0.1) is 5.60 Å². The summed E-state index contributed by atoms with van der Waals surface area (Å²) in [4.78, 5) is 19.4. The molecule has 2 aliphatic rings. The van der Waals surface area contributed by atoms with Crippen molar-refractivity contribution in [3.63, 3.8) is 0 Å². The molecule has 156 valence electrons. The third-order valence-corrected chi connectivity index (χ3v) is 6.46. The topological polar surface area (TPSA) is 102 Å². The Morgan fingerprint density at radius 2 is 2.03 bits per heavy atom. The van der Waals surface area contributed by atoms with E-state index in [-0.39, 0.29) is 22.8 Å². The van der Waals surface area contributed by atoms with E-state index in [1.807, 2.05) is 24.3 Å². The van der Waals surface area contributed by atoms with Gasteiger partial charge in [0.25, 0.3) is 5.91 Å². The third-order valence-electron chi connectivity index (χ3n) is 6.46. The highest BCUT2D eigenvalue weighted by atomic mass is 16.3. The number of imidazole rings is 1. The van der Waals surface area contributed by atoms with Crippen LogP contribution in [0.1, 0.15) is 86.2 Å². The first kappa shape index (κ1) is 20.4. The van der Waals surface area contributed by atoms with Crippen molar-refractivity contribution >= 4 is 17.2 Å². The van der Waals surface area contributed by atoms with Crippen LogP contribution in [0.3, 0.4) is 0 Å². The number of H-pyrrole nitrogens is 1. The monoisotopic (exact) mass is 404 g/mol. The van der Waals surface area contributed by atoms with E-state index in [2.05, 4.69) is 35.2 Å². The zero-order valence-electron chi connectivity index (χ0n) is 17.6. The molecule has 0 radical (unpaired) electrons. The number of hydrogen-bond acceptors (Lipinski definition) is 4. The number of aromatic amines is 1. The van der Waals surface area contributed by atoms with Gasteiger partial charge in [-0.3, -0.25) is 4.79 Å². The van der Waals surface area contributed by atoms with Crippen molar-refractivity contribution in [1.29, 1.82) is 5.26 Å². The Balaban J connectivity index is 1.69. The van der Waals surface area contributed by atoms with Crippen LogP contribution in [0.15, 0.2) is 30.5 Å². The number of carbonyl (C=O) groups is 1. The molecule has 0 saturated heterocycles. The van der Waals surface area contributed by atoms with E-state index in [1.54, 1.807) is 0 Å². The second-order valence-electron chi connectivity index (χ2n) is 9.30. The quantitative estimate of drug-likeness (QED) is 0.675. The number of anilines is 1. The number of allylic oxidation sites excluding steroid dienone is 2. The molecular weight excluding hydrogens is 376 g/mol. The Morgan fingerprint density at radius 1 is 1.27 bits per heavy atom. The van der Waals surface area contributed by atoms with Crippen molar-refractivity contribution < 1.29 is 9.90 Å². The van der Waals surface area contributed by atoms with E-state index in [0.29, 0.717) is 5.69 Å². The standard InChI is InChI=1S/C24H28N4O2/c1-23(2)11-7-16(8-12-23)19-13-17(24(30)9-3-4-10-24)5-6-20(19)28-22(29)21-26-15-18(14-25)27-21/h5-7,13,15,30H,3-4,8-12H2,1-2H3,(H,26,27)(H,28,29). The molecule has 6 heteroatoms. The predicted octanol–water partition coefficient (Wildman–Crippen LogP) is 4.89. The number of rotatable bonds is 4. The van der Waals surface area contributed by atoms with Gasteiger partial charge in [-0.05, 0) is 60.8 Å². The van der Waals surface area contributed by atoms with Crippen molar-refractivity contribution in [3.8, 4) is 6.07 Å². The molecule has 1 aromatic heterocycles. The molecule has 0 spiro atoms. The van der Waals surface area contributed by atoms with Crippen molar-refractivity contribution in [2.45, 2.75) is 64.4 Å². The molecular formula is C24H28N4O2. The Labute approximate surface area is 177 Å². The lowest BCUT2D eigenvalue weighted by Gasteiger charge is -2.30. The first-order valence-electron chi connectivity index (χ1n) is 10.6. The summed E-state index contributed by atoms with van der Waals surface area (Å²) in [6.45, 7) is 4.54. The summed E-state index contributed by atoms with van der Waals surface area (Å²) in [5, 5.41) is 23.0. The molecule has 1 amide bonds. The number of benzene rings is 1. The van der Waals surface area contributed by atoms with Gasteiger partial charge in [-0.25, -0.2) is 4.98 Å². The fourth-order valence-corrected chi connectivity index (χ4v) is 4.46. The third kappa shape index (κ3) is 4.03. The van der Waals surface area contributed by atoms with Crippen LogP contribution in [0.5, 0.6) is 0 Å². The van der Waals surface area contributed by atoms with Crippen molar-refractivity contribution in [1.82, 2.24) is 9.97 Å². The minimum absolute atomic E-state index is 0.106. The molecule has 3 N–H and O–H groups in total. The van der Waals surface area contributed by atoms with E-state index in [0.717, 1.165) is 56.1 Å². The van der Waals surface area contributed by atoms with E-state index in [1.165, 1.54) is 11.8 Å². The number of aliphatic hydroxyl groups is 1. The summed E-state index contributed by atoms with van der Waals surface area (Å²) in [5.41, 5.74) is 3.45. The van der Waals surface area contributed by atoms with Gasteiger partial charge in [-0.2, -0.15) is 5.26 Å². The van der Waals surface area contributed by atoms with E-state index in [9.17, 15) is 9.90 Å². The van der Waals surface area contributed by atoms with Gasteiger partial charge in [0.2, 0.25) is 0 Å². The maximum atomic E-state index is 12.7. The highest BCUT2D eigenvalue weighted by Gasteiger charge is 2.34. The SMILES string of the molecule is CC1(C)CC=C(c2cc(C3(O)CCCC3)ccc2NC(=O)c2nc(C#N)c[nH]2)CC1. The molecule has 1 heterocycles. The summed E-state index contributed by atoms with van der Waals surface area (Å²) >= 11 is 0. The maximum absolute atomic E-state index is 12.7. The number of nitrogens with zero attached hydrogens (tertiary/aromatic N) is 2. The molecule has 4 rings (SSSR count). The molecule has 1 saturated carbocycles. The molecule has 6 nitrogen and oxygen atoms in total. The molecule has 1 aromatic carbocycles. The van der Waals surface area contributed by atoms with Crippen molar-refractivity contribution in [2.24, 2.45) is 5.41 Å². The fourth-order valence-electron chi connectivity index (χ4n) is 4.46. The largest absolute Gasteiger partial charge is 0.385 e. The average Bonchev–Trinajstić information content (AvgIpc) is 3.38. The zero-order chi connectivity index (χ0) is 21.4. The first-order valence-corrected chi connectivity index (χ1v) is 10.6. The number of nitriles is 1. The molecule has 1 fully saturated rings. The minimum Gasteiger partial charge on any atom is -0.385 e. The summed E-state index contributed by atoms with van der Waals surface area (Å²) < 4.78 is 0. The minimum atomic E-state index is -0.783. The Hall–Kier alpha value is -2.91. The average molecular weight is 405 g/mol. The van der Waals surface area contributed by atoms with Crippen LogP contribution in [0, 0.1) is 16.7 Å². The van der Waals surface area contributed by atoms with E-state index >= 15 is 0 Å².